The summed E-state index contributed by atoms with van der Waals surface area (Å²) in [5, 5.41) is 18.9. The number of piperidine rings is 1. The number of alkyl halides is 3. The van der Waals surface area contributed by atoms with Crippen molar-refractivity contribution in [2.24, 2.45) is 5.41 Å². The number of nitrogens with one attached hydrogen (secondary N) is 3. The van der Waals surface area contributed by atoms with Gasteiger partial charge >= 0.3 is 12.4 Å². The number of carbonyl (C=O) groups excluding carboxylic acids is 2. The van der Waals surface area contributed by atoms with Crippen LogP contribution in [-0.4, -0.2) is 49.5 Å². The summed E-state index contributed by atoms with van der Waals surface area (Å²) in [5.74, 6) is -0.563. The highest BCUT2D eigenvalue weighted by atomic mass is 19.4. The third-order valence-corrected chi connectivity index (χ3v) is 7.94. The highest BCUT2D eigenvalue weighted by Crippen LogP contribution is 2.52. The Morgan fingerprint density at radius 3 is 2.33 bits per heavy atom. The number of anilines is 4. The van der Waals surface area contributed by atoms with Crippen molar-refractivity contribution in [1.29, 1.82) is 0 Å². The van der Waals surface area contributed by atoms with Crippen LogP contribution >= 0.6 is 0 Å². The molecule has 2 heterocycles. The Morgan fingerprint density at radius 2 is 1.67 bits per heavy atom. The van der Waals surface area contributed by atoms with Crippen molar-refractivity contribution in [1.82, 2.24) is 5.32 Å². The number of amides is 2. The Hall–Kier alpha value is -4.09. The van der Waals surface area contributed by atoms with E-state index in [9.17, 15) is 27.9 Å². The van der Waals surface area contributed by atoms with E-state index in [1.807, 2.05) is 18.2 Å². The smallest absolute Gasteiger partial charge is 0.406 e. The van der Waals surface area contributed by atoms with E-state index in [1.54, 1.807) is 32.0 Å². The number of aliphatic hydroxyl groups excluding tert-OH is 1. The lowest BCUT2D eigenvalue weighted by Gasteiger charge is -2.35. The Balaban J connectivity index is 1.46. The van der Waals surface area contributed by atoms with Gasteiger partial charge in [-0.25, -0.2) is 4.79 Å². The van der Waals surface area contributed by atoms with Crippen LogP contribution in [0.3, 0.4) is 0 Å². The van der Waals surface area contributed by atoms with E-state index in [1.165, 1.54) is 12.1 Å². The van der Waals surface area contributed by atoms with Crippen molar-refractivity contribution in [3.8, 4) is 5.75 Å². The Bertz CT molecular complexity index is 1470. The van der Waals surface area contributed by atoms with E-state index in [-0.39, 0.29) is 23.5 Å². The van der Waals surface area contributed by atoms with Crippen molar-refractivity contribution in [2.45, 2.75) is 38.5 Å². The van der Waals surface area contributed by atoms with E-state index < -0.39 is 23.6 Å². The first-order valence-electron chi connectivity index (χ1n) is 13.7. The molecule has 222 valence electrons. The number of hydrogen-bond acceptors (Lipinski definition) is 6. The molecule has 11 heteroatoms. The predicted octanol–water partition coefficient (Wildman–Crippen LogP) is 6.20. The van der Waals surface area contributed by atoms with Gasteiger partial charge in [0.15, 0.2) is 5.78 Å². The summed E-state index contributed by atoms with van der Waals surface area (Å²) in [6, 6.07) is 17.3. The minimum Gasteiger partial charge on any atom is -0.406 e. The Morgan fingerprint density at radius 1 is 0.976 bits per heavy atom. The van der Waals surface area contributed by atoms with Gasteiger partial charge in [0.1, 0.15) is 5.75 Å². The van der Waals surface area contributed by atoms with Crippen molar-refractivity contribution >= 4 is 34.6 Å². The Kier molecular flexibility index (Phi) is 7.91. The summed E-state index contributed by atoms with van der Waals surface area (Å²) in [6.45, 7) is 5.41. The largest absolute Gasteiger partial charge is 0.573 e. The van der Waals surface area contributed by atoms with E-state index in [0.29, 0.717) is 23.5 Å². The number of carbonyl (C=O) groups is 2. The highest BCUT2D eigenvalue weighted by Gasteiger charge is 2.46. The fourth-order valence-corrected chi connectivity index (χ4v) is 5.73. The number of hydrogen-bond donors (Lipinski definition) is 4. The van der Waals surface area contributed by atoms with Gasteiger partial charge in [0, 0.05) is 23.2 Å². The molecule has 8 nitrogen and oxygen atoms in total. The minimum atomic E-state index is -4.81. The first-order chi connectivity index (χ1) is 19.9. The average molecular weight is 583 g/mol. The molecule has 1 spiro atoms. The maximum absolute atomic E-state index is 13.7. The number of halogens is 3. The molecule has 3 aromatic carbocycles. The van der Waals surface area contributed by atoms with Gasteiger partial charge in [-0.3, -0.25) is 4.79 Å². The number of ketones is 1. The second-order valence-corrected chi connectivity index (χ2v) is 11.4. The summed E-state index contributed by atoms with van der Waals surface area (Å²) in [7, 11) is 0. The zero-order valence-corrected chi connectivity index (χ0v) is 23.3. The third-order valence-electron chi connectivity index (χ3n) is 7.94. The van der Waals surface area contributed by atoms with E-state index >= 15 is 0 Å². The molecule has 0 aromatic heterocycles. The summed E-state index contributed by atoms with van der Waals surface area (Å²) in [5.41, 5.74) is 2.65. The number of fused-ring (bicyclic) bond motifs is 2. The average Bonchev–Trinajstić information content (AvgIpc) is 3.27. The zero-order valence-electron chi connectivity index (χ0n) is 23.3. The number of aliphatic hydroxyl groups is 1. The molecule has 1 saturated heterocycles. The van der Waals surface area contributed by atoms with Crippen LogP contribution in [-0.2, 0) is 5.41 Å². The molecule has 2 amide bonds. The van der Waals surface area contributed by atoms with Gasteiger partial charge in [-0.15, -0.1) is 13.2 Å². The van der Waals surface area contributed by atoms with Gasteiger partial charge < -0.3 is 30.7 Å². The van der Waals surface area contributed by atoms with Gasteiger partial charge in [0.25, 0.3) is 0 Å². The molecule has 4 N–H and O–H groups in total. The van der Waals surface area contributed by atoms with E-state index in [4.69, 9.17) is 0 Å². The normalized spacial score (nSPS) is 16.2. The lowest BCUT2D eigenvalue weighted by Crippen LogP contribution is -2.42. The van der Waals surface area contributed by atoms with E-state index in [0.717, 1.165) is 49.3 Å². The molecule has 5 rings (SSSR count). The Labute approximate surface area is 241 Å². The number of urea groups is 1. The van der Waals surface area contributed by atoms with Gasteiger partial charge in [-0.1, -0.05) is 38.1 Å². The quantitative estimate of drug-likeness (QED) is 0.247. The molecule has 0 atom stereocenters. The summed E-state index contributed by atoms with van der Waals surface area (Å²) in [6.07, 6.45) is -3.06. The second kappa shape index (κ2) is 11.3. The monoisotopic (exact) mass is 582 g/mol. The molecular weight excluding hydrogens is 549 g/mol. The van der Waals surface area contributed by atoms with Crippen LogP contribution in [0.1, 0.15) is 42.6 Å². The number of nitrogens with zero attached hydrogens (tertiary/aromatic N) is 1. The molecule has 1 fully saturated rings. The zero-order chi connectivity index (χ0) is 30.1. The summed E-state index contributed by atoms with van der Waals surface area (Å²) < 4.78 is 41.3. The summed E-state index contributed by atoms with van der Waals surface area (Å²) in [4.78, 5) is 28.8. The summed E-state index contributed by atoms with van der Waals surface area (Å²) >= 11 is 0. The first-order valence-corrected chi connectivity index (χ1v) is 13.7. The number of ether oxygens (including phenoxy) is 1. The fourth-order valence-electron chi connectivity index (χ4n) is 5.73. The van der Waals surface area contributed by atoms with Gasteiger partial charge in [0.2, 0.25) is 0 Å². The van der Waals surface area contributed by atoms with Gasteiger partial charge in [-0.2, -0.15) is 0 Å². The SMILES string of the molecule is CC(C)(CO)C(=O)c1cccc2c1N(c1ccccc1NC(=O)Nc1ccc(OC(F)(F)F)cc1)CC21CCNCC1. The fraction of sp³-hybridized carbons (Fsp3) is 0.355. The van der Waals surface area contributed by atoms with Crippen molar-refractivity contribution < 1.29 is 32.6 Å². The number of benzene rings is 3. The van der Waals surface area contributed by atoms with Crippen LogP contribution < -0.4 is 25.6 Å². The molecule has 2 aliphatic heterocycles. The van der Waals surface area contributed by atoms with Crippen molar-refractivity contribution in [3.63, 3.8) is 0 Å². The third kappa shape index (κ3) is 5.93. The van der Waals surface area contributed by atoms with Crippen LogP contribution in [0, 0.1) is 5.41 Å². The molecule has 0 unspecified atom stereocenters. The molecule has 0 aliphatic carbocycles. The number of Topliss-reactive ketones (excluding diaryl/α,β-unsaturated/α-hetero) is 1. The van der Waals surface area contributed by atoms with Crippen LogP contribution in [0.25, 0.3) is 0 Å². The van der Waals surface area contributed by atoms with Crippen LogP contribution in [0.5, 0.6) is 5.75 Å². The second-order valence-electron chi connectivity index (χ2n) is 11.4. The standard InChI is InChI=1S/C31H33F3N4O4/c1-29(2,19-39)27(40)22-6-5-7-23-26(22)38(18-30(23)14-16-35-17-15-30)25-9-4-3-8-24(25)37-28(41)36-20-10-12-21(13-11-20)42-31(32,33)34/h3-13,35,39H,14-19H2,1-2H3,(H2,36,37,41). The number of rotatable bonds is 7. The molecule has 0 bridgehead atoms. The highest BCUT2D eigenvalue weighted by molar-refractivity contribution is 6.08. The first kappa shape index (κ1) is 29.4. The lowest BCUT2D eigenvalue weighted by atomic mass is 9.74. The molecule has 2 aliphatic rings. The van der Waals surface area contributed by atoms with Crippen molar-refractivity contribution in [3.05, 3.63) is 77.9 Å². The maximum atomic E-state index is 13.7. The number of para-hydroxylation sites is 3. The maximum Gasteiger partial charge on any atom is 0.573 e. The predicted molar refractivity (Wildman–Crippen MR) is 155 cm³/mol. The molecule has 0 radical (unpaired) electrons. The molecule has 42 heavy (non-hydrogen) atoms. The van der Waals surface area contributed by atoms with Gasteiger partial charge in [-0.05, 0) is 74.0 Å². The molecule has 0 saturated carbocycles. The van der Waals surface area contributed by atoms with Crippen LogP contribution in [0.2, 0.25) is 0 Å². The lowest BCUT2D eigenvalue weighted by molar-refractivity contribution is -0.274. The minimum absolute atomic E-state index is 0.168. The van der Waals surface area contributed by atoms with E-state index in [2.05, 4.69) is 31.7 Å². The molecule has 3 aromatic rings. The van der Waals surface area contributed by atoms with Crippen LogP contribution in [0.15, 0.2) is 66.7 Å². The van der Waals surface area contributed by atoms with Gasteiger partial charge in [0.05, 0.1) is 29.1 Å². The topological polar surface area (TPSA) is 103 Å². The molecular formula is C31H33F3N4O4. The van der Waals surface area contributed by atoms with Crippen molar-refractivity contribution in [2.75, 3.05) is 41.8 Å². The van der Waals surface area contributed by atoms with Crippen LogP contribution in [0.4, 0.5) is 40.7 Å².